The number of fused-ring (bicyclic) bond motifs is 1. The van der Waals surface area contributed by atoms with Crippen LogP contribution in [0.3, 0.4) is 0 Å². The number of nitrogens with zero attached hydrogens (tertiary/aromatic N) is 2. The Hall–Kier alpha value is -2.58. The molecule has 4 amide bonds. The Morgan fingerprint density at radius 1 is 1.10 bits per heavy atom. The highest BCUT2D eigenvalue weighted by atomic mass is 16.2. The minimum Gasteiger partial charge on any atom is -0.310 e. The van der Waals surface area contributed by atoms with Gasteiger partial charge >= 0.3 is 0 Å². The molecule has 29 heavy (non-hydrogen) atoms. The second-order valence-electron chi connectivity index (χ2n) is 8.62. The van der Waals surface area contributed by atoms with Gasteiger partial charge in [-0.1, -0.05) is 12.1 Å². The van der Waals surface area contributed by atoms with E-state index in [0.717, 1.165) is 36.5 Å². The summed E-state index contributed by atoms with van der Waals surface area (Å²) in [6.45, 7) is 7.53. The van der Waals surface area contributed by atoms with Crippen molar-refractivity contribution < 1.29 is 19.2 Å². The number of carbonyl (C=O) groups excluding carboxylic acids is 4. The van der Waals surface area contributed by atoms with Gasteiger partial charge in [-0.3, -0.25) is 34.3 Å². The van der Waals surface area contributed by atoms with E-state index in [-0.39, 0.29) is 24.3 Å². The van der Waals surface area contributed by atoms with E-state index in [1.807, 2.05) is 6.07 Å². The minimum absolute atomic E-state index is 0.0712. The van der Waals surface area contributed by atoms with Crippen molar-refractivity contribution in [2.24, 2.45) is 0 Å². The van der Waals surface area contributed by atoms with Gasteiger partial charge in [-0.25, -0.2) is 0 Å². The Bertz CT molecular complexity index is 895. The fourth-order valence-electron chi connectivity index (χ4n) is 4.31. The summed E-state index contributed by atoms with van der Waals surface area (Å²) in [5.74, 6) is -1.86. The van der Waals surface area contributed by atoms with Crippen LogP contribution in [0.2, 0.25) is 0 Å². The summed E-state index contributed by atoms with van der Waals surface area (Å²) in [5.41, 5.74) is 1.60. The van der Waals surface area contributed by atoms with E-state index < -0.39 is 23.8 Å². The zero-order valence-electron chi connectivity index (χ0n) is 16.8. The van der Waals surface area contributed by atoms with Gasteiger partial charge < -0.3 is 5.32 Å². The van der Waals surface area contributed by atoms with Crippen molar-refractivity contribution in [2.75, 3.05) is 19.6 Å². The number of carbonyl (C=O) groups is 4. The minimum atomic E-state index is -0.934. The van der Waals surface area contributed by atoms with Crippen LogP contribution in [0, 0.1) is 0 Å². The summed E-state index contributed by atoms with van der Waals surface area (Å²) in [6.07, 6.45) is 1.27. The van der Waals surface area contributed by atoms with Gasteiger partial charge in [-0.15, -0.1) is 0 Å². The summed E-state index contributed by atoms with van der Waals surface area (Å²) in [6, 6.07) is 4.36. The van der Waals surface area contributed by atoms with Gasteiger partial charge in [0.25, 0.3) is 11.8 Å². The molecular weight excluding hydrogens is 372 g/mol. The molecule has 3 aliphatic rings. The summed E-state index contributed by atoms with van der Waals surface area (Å²) in [7, 11) is 0. The lowest BCUT2D eigenvalue weighted by atomic mass is 10.0. The number of rotatable bonds is 3. The smallest absolute Gasteiger partial charge is 0.262 e. The SMILES string of the molecule is CC1(C)CCN(Cc2cccc3c2C(=O)N(C2CCC(=O)NC2=O)C3=O)CCN1. The molecule has 8 heteroatoms. The van der Waals surface area contributed by atoms with E-state index in [9.17, 15) is 19.2 Å². The van der Waals surface area contributed by atoms with Crippen molar-refractivity contribution >= 4 is 23.6 Å². The molecule has 1 atom stereocenters. The van der Waals surface area contributed by atoms with Crippen molar-refractivity contribution in [3.8, 4) is 0 Å². The number of piperidine rings is 1. The number of amides is 4. The molecule has 3 heterocycles. The zero-order valence-corrected chi connectivity index (χ0v) is 16.8. The van der Waals surface area contributed by atoms with E-state index in [1.165, 1.54) is 0 Å². The summed E-state index contributed by atoms with van der Waals surface area (Å²) < 4.78 is 0. The maximum atomic E-state index is 13.2. The fourth-order valence-corrected chi connectivity index (χ4v) is 4.31. The predicted molar refractivity (Wildman–Crippen MR) is 105 cm³/mol. The van der Waals surface area contributed by atoms with E-state index in [4.69, 9.17) is 0 Å². The van der Waals surface area contributed by atoms with Crippen LogP contribution in [-0.2, 0) is 16.1 Å². The Morgan fingerprint density at radius 2 is 1.90 bits per heavy atom. The number of hydrogen-bond acceptors (Lipinski definition) is 6. The molecule has 1 aromatic carbocycles. The molecule has 2 N–H and O–H groups in total. The van der Waals surface area contributed by atoms with E-state index in [1.54, 1.807) is 12.1 Å². The highest BCUT2D eigenvalue weighted by molar-refractivity contribution is 6.24. The second-order valence-corrected chi connectivity index (χ2v) is 8.62. The highest BCUT2D eigenvalue weighted by Crippen LogP contribution is 2.30. The largest absolute Gasteiger partial charge is 0.310 e. The third-order valence-electron chi connectivity index (χ3n) is 6.03. The van der Waals surface area contributed by atoms with E-state index in [2.05, 4.69) is 29.4 Å². The number of imide groups is 2. The molecule has 0 aliphatic carbocycles. The van der Waals surface area contributed by atoms with Gasteiger partial charge in [0.05, 0.1) is 11.1 Å². The molecule has 0 aromatic heterocycles. The second kappa shape index (κ2) is 7.35. The molecule has 1 aromatic rings. The summed E-state index contributed by atoms with van der Waals surface area (Å²) in [5, 5.41) is 5.75. The average molecular weight is 398 g/mol. The van der Waals surface area contributed by atoms with E-state index >= 15 is 0 Å². The quantitative estimate of drug-likeness (QED) is 0.726. The summed E-state index contributed by atoms with van der Waals surface area (Å²) in [4.78, 5) is 53.1. The number of hydrogen-bond donors (Lipinski definition) is 2. The third-order valence-corrected chi connectivity index (χ3v) is 6.03. The van der Waals surface area contributed by atoms with Crippen LogP contribution >= 0.6 is 0 Å². The molecule has 2 saturated heterocycles. The molecule has 4 rings (SSSR count). The van der Waals surface area contributed by atoms with Gasteiger partial charge in [0.15, 0.2) is 0 Å². The lowest BCUT2D eigenvalue weighted by Gasteiger charge is -2.28. The van der Waals surface area contributed by atoms with Crippen LogP contribution in [0.5, 0.6) is 0 Å². The average Bonchev–Trinajstić information content (AvgIpc) is 2.80. The van der Waals surface area contributed by atoms with Gasteiger partial charge in [0.1, 0.15) is 6.04 Å². The molecule has 0 bridgehead atoms. The van der Waals surface area contributed by atoms with Crippen LogP contribution in [0.25, 0.3) is 0 Å². The van der Waals surface area contributed by atoms with Crippen molar-refractivity contribution in [3.05, 3.63) is 34.9 Å². The van der Waals surface area contributed by atoms with Crippen LogP contribution in [0.1, 0.15) is 59.4 Å². The van der Waals surface area contributed by atoms with Gasteiger partial charge in [-0.2, -0.15) is 0 Å². The molecule has 0 radical (unpaired) electrons. The topological polar surface area (TPSA) is 98.8 Å². The Kier molecular flexibility index (Phi) is 5.00. The first-order valence-electron chi connectivity index (χ1n) is 10.1. The molecule has 2 fully saturated rings. The normalized spacial score (nSPS) is 25.0. The van der Waals surface area contributed by atoms with Crippen LogP contribution in [0.15, 0.2) is 18.2 Å². The molecule has 154 valence electrons. The molecule has 3 aliphatic heterocycles. The molecule has 1 unspecified atom stereocenters. The molecule has 0 spiro atoms. The maximum absolute atomic E-state index is 13.2. The Morgan fingerprint density at radius 3 is 2.66 bits per heavy atom. The van der Waals surface area contributed by atoms with Crippen LogP contribution in [0.4, 0.5) is 0 Å². The zero-order chi connectivity index (χ0) is 20.8. The highest BCUT2D eigenvalue weighted by Gasteiger charge is 2.45. The Balaban J connectivity index is 1.58. The van der Waals surface area contributed by atoms with Crippen LogP contribution in [-0.4, -0.2) is 64.6 Å². The monoisotopic (exact) mass is 398 g/mol. The van der Waals surface area contributed by atoms with E-state index in [0.29, 0.717) is 17.7 Å². The Labute approximate surface area is 169 Å². The first-order valence-corrected chi connectivity index (χ1v) is 10.1. The molecule has 8 nitrogen and oxygen atoms in total. The maximum Gasteiger partial charge on any atom is 0.262 e. The number of nitrogens with one attached hydrogen (secondary N) is 2. The lowest BCUT2D eigenvalue weighted by Crippen LogP contribution is -2.54. The van der Waals surface area contributed by atoms with Gasteiger partial charge in [0.2, 0.25) is 11.8 Å². The first kappa shape index (κ1) is 19.7. The predicted octanol–water partition coefficient (Wildman–Crippen LogP) is 0.662. The van der Waals surface area contributed by atoms with Gasteiger partial charge in [-0.05, 0) is 38.3 Å². The van der Waals surface area contributed by atoms with Crippen molar-refractivity contribution in [1.29, 1.82) is 0 Å². The van der Waals surface area contributed by atoms with Gasteiger partial charge in [0, 0.05) is 38.1 Å². The lowest BCUT2D eigenvalue weighted by molar-refractivity contribution is -0.136. The van der Waals surface area contributed by atoms with Crippen molar-refractivity contribution in [3.63, 3.8) is 0 Å². The van der Waals surface area contributed by atoms with Crippen LogP contribution < -0.4 is 10.6 Å². The first-order chi connectivity index (χ1) is 13.8. The fraction of sp³-hybridized carbons (Fsp3) is 0.524. The third kappa shape index (κ3) is 3.70. The standard InChI is InChI=1S/C21H26N4O4/c1-21(2)8-10-24(11-9-22-21)12-13-4-3-5-14-17(13)20(29)25(19(14)28)15-6-7-16(26)23-18(15)27/h3-5,15,22H,6-12H2,1-2H3,(H,23,26,27). The van der Waals surface area contributed by atoms with Crippen molar-refractivity contribution in [1.82, 2.24) is 20.4 Å². The van der Waals surface area contributed by atoms with Crippen molar-refractivity contribution in [2.45, 2.75) is 51.2 Å². The summed E-state index contributed by atoms with van der Waals surface area (Å²) >= 11 is 0. The molecule has 0 saturated carbocycles. The number of benzene rings is 1. The molecular formula is C21H26N4O4.